The maximum atomic E-state index is 12.9. The normalized spacial score (nSPS) is 16.0. The number of aromatic nitrogens is 2. The fourth-order valence-corrected chi connectivity index (χ4v) is 3.32. The van der Waals surface area contributed by atoms with E-state index in [4.69, 9.17) is 4.74 Å². The van der Waals surface area contributed by atoms with Crippen molar-refractivity contribution in [2.45, 2.75) is 39.3 Å². The number of nitrogens with one attached hydrogen (secondary N) is 2. The Kier molecular flexibility index (Phi) is 5.93. The number of hydrogen-bond donors (Lipinski definition) is 2. The van der Waals surface area contributed by atoms with E-state index in [0.717, 1.165) is 4.90 Å². The fraction of sp³-hybridized carbons (Fsp3) is 0.381. The second-order valence-electron chi connectivity index (χ2n) is 8.00. The molecule has 1 aliphatic rings. The Morgan fingerprint density at radius 1 is 1.16 bits per heavy atom. The zero-order valence-electron chi connectivity index (χ0n) is 18.5. The van der Waals surface area contributed by atoms with E-state index in [1.54, 1.807) is 42.9 Å². The molecule has 0 spiro atoms. The number of amides is 4. The highest BCUT2D eigenvalue weighted by atomic mass is 16.5. The minimum Gasteiger partial charge on any atom is -0.451 e. The van der Waals surface area contributed by atoms with Crippen molar-refractivity contribution >= 4 is 29.5 Å². The summed E-state index contributed by atoms with van der Waals surface area (Å²) >= 11 is 0. The molecular formula is C21H25N5O6. The summed E-state index contributed by atoms with van der Waals surface area (Å²) in [5, 5.41) is 4.96. The van der Waals surface area contributed by atoms with Crippen LogP contribution in [0.25, 0.3) is 5.69 Å². The molecule has 1 aliphatic heterocycles. The van der Waals surface area contributed by atoms with Gasteiger partial charge in [0.15, 0.2) is 6.10 Å². The summed E-state index contributed by atoms with van der Waals surface area (Å²) in [6, 6.07) is 8.20. The molecular weight excluding hydrogens is 418 g/mol. The zero-order valence-corrected chi connectivity index (χ0v) is 18.5. The van der Waals surface area contributed by atoms with E-state index >= 15 is 0 Å². The van der Waals surface area contributed by atoms with E-state index < -0.39 is 47.6 Å². The van der Waals surface area contributed by atoms with Crippen LogP contribution >= 0.6 is 0 Å². The van der Waals surface area contributed by atoms with E-state index in [2.05, 4.69) is 10.6 Å². The van der Waals surface area contributed by atoms with Crippen molar-refractivity contribution < 1.29 is 23.9 Å². The fourth-order valence-electron chi connectivity index (χ4n) is 3.32. The number of benzene rings is 1. The molecule has 2 aromatic rings. The van der Waals surface area contributed by atoms with Gasteiger partial charge >= 0.3 is 12.0 Å². The van der Waals surface area contributed by atoms with Gasteiger partial charge in [-0.05, 0) is 39.8 Å². The Bertz CT molecular complexity index is 1150. The highest BCUT2D eigenvalue weighted by Gasteiger charge is 2.45. The lowest BCUT2D eigenvalue weighted by molar-refractivity contribution is -0.155. The molecule has 32 heavy (non-hydrogen) atoms. The Morgan fingerprint density at radius 2 is 1.78 bits per heavy atom. The van der Waals surface area contributed by atoms with Crippen LogP contribution in [0.4, 0.5) is 10.5 Å². The van der Waals surface area contributed by atoms with Crippen LogP contribution in [-0.2, 0) is 26.2 Å². The average Bonchev–Trinajstić information content (AvgIpc) is 3.06. The van der Waals surface area contributed by atoms with Crippen molar-refractivity contribution in [1.29, 1.82) is 0 Å². The summed E-state index contributed by atoms with van der Waals surface area (Å²) in [6.45, 7) is 5.40. The standard InChI is InChI=1S/C21H25N5O6/c1-12-16(18(29)26(24(12)5)14-9-7-6-8-10-14)22-17(28)13(2)32-15(27)11-25-19(30)21(3,4)23-20(25)31/h6-10,13H,11H2,1-5H3,(H,22,28)(H,23,31). The average molecular weight is 443 g/mol. The number of nitrogens with zero attached hydrogens (tertiary/aromatic N) is 3. The number of para-hydroxylation sites is 1. The third kappa shape index (κ3) is 4.13. The van der Waals surface area contributed by atoms with Crippen molar-refractivity contribution in [2.24, 2.45) is 7.05 Å². The first kappa shape index (κ1) is 22.8. The van der Waals surface area contributed by atoms with Gasteiger partial charge in [-0.15, -0.1) is 0 Å². The van der Waals surface area contributed by atoms with Gasteiger partial charge in [-0.2, -0.15) is 0 Å². The van der Waals surface area contributed by atoms with Crippen LogP contribution in [0.1, 0.15) is 26.5 Å². The predicted molar refractivity (Wildman–Crippen MR) is 114 cm³/mol. The summed E-state index contributed by atoms with van der Waals surface area (Å²) < 4.78 is 8.08. The van der Waals surface area contributed by atoms with E-state index in [-0.39, 0.29) is 5.69 Å². The molecule has 0 saturated carbocycles. The second-order valence-corrected chi connectivity index (χ2v) is 8.00. The molecule has 1 aromatic heterocycles. The molecule has 0 bridgehead atoms. The SMILES string of the molecule is Cc1c(NC(=O)C(C)OC(=O)CN2C(=O)NC(C)(C)C2=O)c(=O)n(-c2ccccc2)n1C. The first-order chi connectivity index (χ1) is 14.9. The molecule has 1 aromatic carbocycles. The Morgan fingerprint density at radius 3 is 2.34 bits per heavy atom. The number of anilines is 1. The molecule has 11 nitrogen and oxygen atoms in total. The van der Waals surface area contributed by atoms with Gasteiger partial charge in [0.1, 0.15) is 17.8 Å². The third-order valence-corrected chi connectivity index (χ3v) is 5.21. The number of imide groups is 1. The molecule has 1 unspecified atom stereocenters. The topological polar surface area (TPSA) is 132 Å². The quantitative estimate of drug-likeness (QED) is 0.499. The number of rotatable bonds is 6. The lowest BCUT2D eigenvalue weighted by atomic mass is 10.1. The van der Waals surface area contributed by atoms with Crippen LogP contribution in [0.3, 0.4) is 0 Å². The Labute approximate surface area is 183 Å². The molecule has 1 saturated heterocycles. The van der Waals surface area contributed by atoms with Crippen LogP contribution < -0.4 is 16.2 Å². The monoisotopic (exact) mass is 443 g/mol. The van der Waals surface area contributed by atoms with Crippen molar-refractivity contribution in [3.05, 3.63) is 46.4 Å². The summed E-state index contributed by atoms with van der Waals surface area (Å²) in [7, 11) is 1.68. The molecule has 0 aliphatic carbocycles. The van der Waals surface area contributed by atoms with Gasteiger partial charge in [0.05, 0.1) is 11.4 Å². The number of esters is 1. The van der Waals surface area contributed by atoms with Crippen LogP contribution in [0.15, 0.2) is 35.1 Å². The lowest BCUT2D eigenvalue weighted by Gasteiger charge is -2.17. The third-order valence-electron chi connectivity index (χ3n) is 5.21. The number of urea groups is 1. The van der Waals surface area contributed by atoms with E-state index in [9.17, 15) is 24.0 Å². The lowest BCUT2D eigenvalue weighted by Crippen LogP contribution is -2.42. The van der Waals surface area contributed by atoms with Crippen molar-refractivity contribution in [2.75, 3.05) is 11.9 Å². The van der Waals surface area contributed by atoms with E-state index in [0.29, 0.717) is 11.4 Å². The van der Waals surface area contributed by atoms with Gasteiger partial charge in [-0.25, -0.2) is 9.48 Å². The highest BCUT2D eigenvalue weighted by molar-refractivity contribution is 6.08. The minimum absolute atomic E-state index is 0.0556. The molecule has 1 atom stereocenters. The van der Waals surface area contributed by atoms with Gasteiger partial charge in [-0.3, -0.25) is 28.8 Å². The first-order valence-electron chi connectivity index (χ1n) is 9.92. The maximum Gasteiger partial charge on any atom is 0.327 e. The van der Waals surface area contributed by atoms with Crippen LogP contribution in [0.5, 0.6) is 0 Å². The van der Waals surface area contributed by atoms with E-state index in [1.807, 2.05) is 6.07 Å². The highest BCUT2D eigenvalue weighted by Crippen LogP contribution is 2.17. The van der Waals surface area contributed by atoms with Crippen LogP contribution in [0, 0.1) is 6.92 Å². The van der Waals surface area contributed by atoms with Crippen LogP contribution in [0.2, 0.25) is 0 Å². The summed E-state index contributed by atoms with van der Waals surface area (Å²) in [4.78, 5) is 62.5. The number of carbonyl (C=O) groups is 4. The van der Waals surface area contributed by atoms with Crippen molar-refractivity contribution in [3.8, 4) is 5.69 Å². The Hall–Kier alpha value is -3.89. The Balaban J connectivity index is 1.69. The van der Waals surface area contributed by atoms with Gasteiger partial charge < -0.3 is 15.4 Å². The van der Waals surface area contributed by atoms with Gasteiger partial charge in [0, 0.05) is 7.05 Å². The minimum atomic E-state index is -1.26. The van der Waals surface area contributed by atoms with E-state index in [1.165, 1.54) is 25.5 Å². The number of ether oxygens (including phenoxy) is 1. The maximum absolute atomic E-state index is 12.9. The molecule has 0 radical (unpaired) electrons. The van der Waals surface area contributed by atoms with Gasteiger partial charge in [0.25, 0.3) is 17.4 Å². The molecule has 2 heterocycles. The number of carbonyl (C=O) groups excluding carboxylic acids is 4. The number of hydrogen-bond acceptors (Lipinski definition) is 6. The largest absolute Gasteiger partial charge is 0.451 e. The summed E-state index contributed by atoms with van der Waals surface area (Å²) in [6.07, 6.45) is -1.26. The molecule has 170 valence electrons. The molecule has 11 heteroatoms. The smallest absolute Gasteiger partial charge is 0.327 e. The predicted octanol–water partition coefficient (Wildman–Crippen LogP) is 0.685. The summed E-state index contributed by atoms with van der Waals surface area (Å²) in [5.74, 6) is -2.22. The van der Waals surface area contributed by atoms with Gasteiger partial charge in [0.2, 0.25) is 0 Å². The summed E-state index contributed by atoms with van der Waals surface area (Å²) in [5.41, 5.74) is -0.374. The molecule has 3 rings (SSSR count). The molecule has 2 N–H and O–H groups in total. The van der Waals surface area contributed by atoms with Crippen molar-refractivity contribution in [3.63, 3.8) is 0 Å². The second kappa shape index (κ2) is 8.33. The first-order valence-corrected chi connectivity index (χ1v) is 9.92. The molecule has 4 amide bonds. The van der Waals surface area contributed by atoms with Crippen molar-refractivity contribution in [1.82, 2.24) is 19.6 Å². The zero-order chi connectivity index (χ0) is 23.8. The molecule has 1 fully saturated rings. The van der Waals surface area contributed by atoms with Gasteiger partial charge in [-0.1, -0.05) is 18.2 Å². The van der Waals surface area contributed by atoms with Crippen LogP contribution in [-0.4, -0.2) is 56.3 Å².